The molecule has 2 atom stereocenters. The molecule has 0 aromatic heterocycles. The van der Waals surface area contributed by atoms with Crippen molar-refractivity contribution in [1.82, 2.24) is 10.2 Å². The Bertz CT molecular complexity index is 1200. The number of ether oxygens (including phenoxy) is 1. The van der Waals surface area contributed by atoms with E-state index in [1.54, 1.807) is 52.0 Å². The number of hydrogen-bond acceptors (Lipinski definition) is 5. The van der Waals surface area contributed by atoms with Crippen LogP contribution in [-0.4, -0.2) is 46.9 Å². The van der Waals surface area contributed by atoms with Crippen molar-refractivity contribution < 1.29 is 23.9 Å². The van der Waals surface area contributed by atoms with Gasteiger partial charge in [-0.15, -0.1) is 6.42 Å². The molecule has 0 heterocycles. The minimum atomic E-state index is -1.34. The summed E-state index contributed by atoms with van der Waals surface area (Å²) in [4.78, 5) is 53.1. The Balaban J connectivity index is 2.52. The van der Waals surface area contributed by atoms with Gasteiger partial charge in [0.05, 0.1) is 6.42 Å². The lowest BCUT2D eigenvalue weighted by Crippen LogP contribution is -2.53. The topological polar surface area (TPSA) is 131 Å². The lowest BCUT2D eigenvalue weighted by atomic mass is 10.00. The van der Waals surface area contributed by atoms with Gasteiger partial charge in [0.25, 0.3) is 5.91 Å². The summed E-state index contributed by atoms with van der Waals surface area (Å²) in [6.45, 7) is 10.5. The zero-order valence-corrected chi connectivity index (χ0v) is 22.8. The minimum absolute atomic E-state index is 0.0891. The van der Waals surface area contributed by atoms with Crippen LogP contribution in [0.4, 0.5) is 10.5 Å². The number of nitrogens with one attached hydrogen (secondary N) is 2. The van der Waals surface area contributed by atoms with E-state index in [-0.39, 0.29) is 6.54 Å². The normalized spacial score (nSPS) is 12.4. The highest BCUT2D eigenvalue weighted by atomic mass is 16.6. The van der Waals surface area contributed by atoms with E-state index in [1.807, 2.05) is 32.0 Å². The molecule has 0 aliphatic heterocycles. The number of carbonyl (C=O) groups excluding carboxylic acids is 4. The lowest BCUT2D eigenvalue weighted by Gasteiger charge is -2.33. The van der Waals surface area contributed by atoms with Crippen LogP contribution in [0, 0.1) is 26.2 Å². The first-order valence-corrected chi connectivity index (χ1v) is 12.3. The number of amides is 4. The van der Waals surface area contributed by atoms with Crippen LogP contribution in [-0.2, 0) is 19.1 Å². The van der Waals surface area contributed by atoms with Gasteiger partial charge in [0, 0.05) is 17.8 Å². The zero-order chi connectivity index (χ0) is 28.6. The molecule has 0 aliphatic rings. The Morgan fingerprint density at radius 3 is 2.11 bits per heavy atom. The van der Waals surface area contributed by atoms with Gasteiger partial charge >= 0.3 is 6.09 Å². The van der Waals surface area contributed by atoms with E-state index >= 15 is 0 Å². The molecule has 0 fully saturated rings. The molecular formula is C29H36N4O5. The smallest absolute Gasteiger partial charge is 0.408 e. The number of rotatable bonds is 9. The fraction of sp³-hybridized carbons (Fsp3) is 0.379. The van der Waals surface area contributed by atoms with E-state index < -0.39 is 47.9 Å². The summed E-state index contributed by atoms with van der Waals surface area (Å²) < 4.78 is 5.27. The number of nitrogens with zero attached hydrogens (tertiary/aromatic N) is 1. The maximum Gasteiger partial charge on any atom is 0.408 e. The van der Waals surface area contributed by atoms with Crippen molar-refractivity contribution in [3.05, 3.63) is 64.7 Å². The average molecular weight is 521 g/mol. The second-order valence-corrected chi connectivity index (χ2v) is 9.92. The zero-order valence-electron chi connectivity index (χ0n) is 22.8. The van der Waals surface area contributed by atoms with Gasteiger partial charge in [-0.2, -0.15) is 0 Å². The molecule has 2 aromatic carbocycles. The van der Waals surface area contributed by atoms with Gasteiger partial charge < -0.3 is 26.0 Å². The molecule has 0 bridgehead atoms. The first kappa shape index (κ1) is 29.9. The van der Waals surface area contributed by atoms with Crippen LogP contribution >= 0.6 is 0 Å². The van der Waals surface area contributed by atoms with Gasteiger partial charge in [-0.1, -0.05) is 36.3 Å². The molecule has 38 heavy (non-hydrogen) atoms. The molecule has 9 heteroatoms. The van der Waals surface area contributed by atoms with Crippen molar-refractivity contribution in [3.8, 4) is 12.3 Å². The van der Waals surface area contributed by atoms with E-state index in [9.17, 15) is 19.2 Å². The third kappa shape index (κ3) is 8.10. The molecule has 9 nitrogen and oxygen atoms in total. The number of aryl methyl sites for hydroxylation is 2. The van der Waals surface area contributed by atoms with Crippen LogP contribution in [0.3, 0.4) is 0 Å². The molecule has 0 aliphatic carbocycles. The van der Waals surface area contributed by atoms with E-state index in [4.69, 9.17) is 16.9 Å². The van der Waals surface area contributed by atoms with E-state index in [0.29, 0.717) is 16.8 Å². The number of terminal acetylenes is 1. The lowest BCUT2D eigenvalue weighted by molar-refractivity contribution is -0.141. The SMILES string of the molecule is C#Cc1ccc(C(C(=O)Nc2c(C)cccc2C)N(CC)C(=O)C(CC(N)=O)NC(=O)OC(C)(C)C)cc1. The highest BCUT2D eigenvalue weighted by Gasteiger charge is 2.36. The summed E-state index contributed by atoms with van der Waals surface area (Å²) in [6, 6.07) is 9.87. The molecule has 0 saturated heterocycles. The molecular weight excluding hydrogens is 484 g/mol. The predicted octanol–water partition coefficient (Wildman–Crippen LogP) is 3.58. The van der Waals surface area contributed by atoms with Crippen LogP contribution < -0.4 is 16.4 Å². The van der Waals surface area contributed by atoms with Gasteiger partial charge in [-0.3, -0.25) is 14.4 Å². The number of alkyl carbamates (subject to hydrolysis) is 1. The van der Waals surface area contributed by atoms with E-state index in [2.05, 4.69) is 16.6 Å². The van der Waals surface area contributed by atoms with Gasteiger partial charge in [0.15, 0.2) is 0 Å². The number of likely N-dealkylation sites (N-methyl/N-ethyl adjacent to an activating group) is 1. The van der Waals surface area contributed by atoms with Crippen molar-refractivity contribution in [2.24, 2.45) is 5.73 Å². The van der Waals surface area contributed by atoms with Crippen LogP contribution in [0.5, 0.6) is 0 Å². The van der Waals surface area contributed by atoms with Crippen LogP contribution in [0.2, 0.25) is 0 Å². The third-order valence-corrected chi connectivity index (χ3v) is 5.70. The Morgan fingerprint density at radius 2 is 1.63 bits per heavy atom. The monoisotopic (exact) mass is 520 g/mol. The van der Waals surface area contributed by atoms with Crippen LogP contribution in [0.25, 0.3) is 0 Å². The Labute approximate surface area is 224 Å². The van der Waals surface area contributed by atoms with Gasteiger partial charge in [-0.25, -0.2) is 4.79 Å². The number of carbonyl (C=O) groups is 4. The second kappa shape index (κ2) is 12.8. The summed E-state index contributed by atoms with van der Waals surface area (Å²) >= 11 is 0. The van der Waals surface area contributed by atoms with Crippen molar-refractivity contribution >= 4 is 29.5 Å². The summed E-state index contributed by atoms with van der Waals surface area (Å²) in [5, 5.41) is 5.39. The largest absolute Gasteiger partial charge is 0.444 e. The van der Waals surface area contributed by atoms with Gasteiger partial charge in [0.2, 0.25) is 11.8 Å². The Morgan fingerprint density at radius 1 is 1.05 bits per heavy atom. The number of para-hydroxylation sites is 1. The van der Waals surface area contributed by atoms with Crippen molar-refractivity contribution in [3.63, 3.8) is 0 Å². The highest BCUT2D eigenvalue weighted by Crippen LogP contribution is 2.27. The summed E-state index contributed by atoms with van der Waals surface area (Å²) in [6.07, 6.45) is 4.13. The maximum absolute atomic E-state index is 13.8. The molecule has 4 N–H and O–H groups in total. The molecule has 2 rings (SSSR count). The van der Waals surface area contributed by atoms with Crippen molar-refractivity contribution in [2.45, 2.75) is 65.6 Å². The van der Waals surface area contributed by atoms with E-state index in [1.165, 1.54) is 4.90 Å². The predicted molar refractivity (Wildman–Crippen MR) is 146 cm³/mol. The Kier molecular flexibility index (Phi) is 10.1. The molecule has 2 unspecified atom stereocenters. The van der Waals surface area contributed by atoms with Crippen molar-refractivity contribution in [2.75, 3.05) is 11.9 Å². The summed E-state index contributed by atoms with van der Waals surface area (Å²) in [5.74, 6) is 0.591. The van der Waals surface area contributed by atoms with E-state index in [0.717, 1.165) is 11.1 Å². The molecule has 0 saturated carbocycles. The molecule has 0 spiro atoms. The van der Waals surface area contributed by atoms with Crippen LogP contribution in [0.15, 0.2) is 42.5 Å². The first-order chi connectivity index (χ1) is 17.8. The number of hydrogen-bond donors (Lipinski definition) is 3. The van der Waals surface area contributed by atoms with Gasteiger partial charge in [0.1, 0.15) is 17.7 Å². The Hall–Kier alpha value is -4.32. The summed E-state index contributed by atoms with van der Waals surface area (Å²) in [5.41, 5.74) is 8.00. The number of anilines is 1. The molecule has 0 radical (unpaired) electrons. The quantitative estimate of drug-likeness (QED) is 0.435. The fourth-order valence-electron chi connectivity index (χ4n) is 3.95. The fourth-order valence-corrected chi connectivity index (χ4v) is 3.95. The second-order valence-electron chi connectivity index (χ2n) is 9.92. The van der Waals surface area contributed by atoms with Crippen molar-refractivity contribution in [1.29, 1.82) is 0 Å². The number of benzene rings is 2. The number of nitrogens with two attached hydrogens (primary N) is 1. The standard InChI is InChI=1S/C29H36N4O5/c1-8-20-13-15-21(16-14-20)25(26(35)32-24-18(3)11-10-12-19(24)4)33(9-2)27(36)22(17-23(30)34)31-28(37)38-29(5,6)7/h1,10-16,22,25H,9,17H2,2-7H3,(H2,30,34)(H,31,37)(H,32,35). The summed E-state index contributed by atoms with van der Waals surface area (Å²) in [7, 11) is 0. The third-order valence-electron chi connectivity index (χ3n) is 5.70. The maximum atomic E-state index is 13.8. The molecule has 2 aromatic rings. The molecule has 202 valence electrons. The molecule has 4 amide bonds. The average Bonchev–Trinajstić information content (AvgIpc) is 2.82. The minimum Gasteiger partial charge on any atom is -0.444 e. The number of primary amides is 1. The first-order valence-electron chi connectivity index (χ1n) is 12.3. The van der Waals surface area contributed by atoms with Gasteiger partial charge in [-0.05, 0) is 70.4 Å². The van der Waals surface area contributed by atoms with Crippen LogP contribution in [0.1, 0.15) is 62.4 Å². The highest BCUT2D eigenvalue weighted by molar-refractivity contribution is 6.00.